The highest BCUT2D eigenvalue weighted by molar-refractivity contribution is 5.44. The number of hydrogen-bond donors (Lipinski definition) is 2. The largest absolute Gasteiger partial charge is 0.493 e. The van der Waals surface area contributed by atoms with Gasteiger partial charge in [-0.3, -0.25) is 0 Å². The van der Waals surface area contributed by atoms with Crippen LogP contribution >= 0.6 is 0 Å². The molecule has 1 saturated heterocycles. The van der Waals surface area contributed by atoms with Gasteiger partial charge in [-0.1, -0.05) is 6.07 Å². The second kappa shape index (κ2) is 8.25. The van der Waals surface area contributed by atoms with E-state index in [2.05, 4.69) is 22.8 Å². The zero-order valence-electron chi connectivity index (χ0n) is 13.4. The molecule has 1 aliphatic heterocycles. The van der Waals surface area contributed by atoms with Crippen LogP contribution in [-0.2, 0) is 0 Å². The van der Waals surface area contributed by atoms with Gasteiger partial charge in [0, 0.05) is 0 Å². The molecule has 2 N–H and O–H groups in total. The topological polar surface area (TPSA) is 42.5 Å². The highest BCUT2D eigenvalue weighted by Gasteiger charge is 2.25. The Balaban J connectivity index is 2.22. The number of ether oxygens (including phenoxy) is 2. The number of methoxy groups -OCH3 is 2. The Hall–Kier alpha value is -1.26. The molecular weight excluding hydrogens is 264 g/mol. The summed E-state index contributed by atoms with van der Waals surface area (Å²) in [6.07, 6.45) is 3.72. The zero-order valence-corrected chi connectivity index (χ0v) is 13.4. The van der Waals surface area contributed by atoms with Gasteiger partial charge in [0.05, 0.1) is 14.2 Å². The first kappa shape index (κ1) is 16.1. The smallest absolute Gasteiger partial charge is 0.160 e. The summed E-state index contributed by atoms with van der Waals surface area (Å²) in [5, 5.41) is 6.82. The second-order valence-electron chi connectivity index (χ2n) is 5.72. The molecule has 0 aliphatic carbocycles. The van der Waals surface area contributed by atoms with Gasteiger partial charge < -0.3 is 20.1 Å². The first-order valence-electron chi connectivity index (χ1n) is 7.87. The summed E-state index contributed by atoms with van der Waals surface area (Å²) < 4.78 is 10.8. The third kappa shape index (κ3) is 4.11. The van der Waals surface area contributed by atoms with E-state index in [0.717, 1.165) is 37.6 Å². The van der Waals surface area contributed by atoms with Crippen molar-refractivity contribution in [3.05, 3.63) is 23.8 Å². The van der Waals surface area contributed by atoms with Crippen LogP contribution in [0.25, 0.3) is 0 Å². The Bertz CT molecular complexity index is 431. The van der Waals surface area contributed by atoms with Crippen LogP contribution in [0, 0.1) is 5.92 Å². The Morgan fingerprint density at radius 3 is 2.71 bits per heavy atom. The van der Waals surface area contributed by atoms with Crippen LogP contribution in [0.5, 0.6) is 11.5 Å². The second-order valence-corrected chi connectivity index (χ2v) is 5.72. The summed E-state index contributed by atoms with van der Waals surface area (Å²) in [5.74, 6) is 2.89. The lowest BCUT2D eigenvalue weighted by molar-refractivity contribution is 0.308. The monoisotopic (exact) mass is 292 g/mol. The molecule has 1 fully saturated rings. The number of benzene rings is 1. The van der Waals surface area contributed by atoms with Crippen LogP contribution in [0.4, 0.5) is 0 Å². The van der Waals surface area contributed by atoms with Gasteiger partial charge in [-0.2, -0.15) is 0 Å². The molecule has 0 spiro atoms. The van der Waals surface area contributed by atoms with Gasteiger partial charge in [-0.05, 0) is 75.5 Å². The fourth-order valence-corrected chi connectivity index (χ4v) is 3.28. The Labute approximate surface area is 128 Å². The molecule has 0 bridgehead atoms. The van der Waals surface area contributed by atoms with Crippen molar-refractivity contribution >= 4 is 0 Å². The van der Waals surface area contributed by atoms with Crippen LogP contribution < -0.4 is 20.1 Å². The normalized spacial score (nSPS) is 20.0. The van der Waals surface area contributed by atoms with Crippen LogP contribution in [0.1, 0.15) is 30.7 Å². The molecule has 2 rings (SSSR count). The van der Waals surface area contributed by atoms with Crippen LogP contribution in [0.3, 0.4) is 0 Å². The number of piperidine rings is 1. The predicted octanol–water partition coefficient (Wildman–Crippen LogP) is 2.40. The van der Waals surface area contributed by atoms with Gasteiger partial charge >= 0.3 is 0 Å². The molecule has 0 saturated carbocycles. The van der Waals surface area contributed by atoms with Gasteiger partial charge in [0.1, 0.15) is 0 Å². The molecule has 0 aromatic heterocycles. The fraction of sp³-hybridized carbons (Fsp3) is 0.647. The minimum absolute atomic E-state index is 0.560. The maximum Gasteiger partial charge on any atom is 0.160 e. The summed E-state index contributed by atoms with van der Waals surface area (Å²) in [5.41, 5.74) is 1.36. The minimum Gasteiger partial charge on any atom is -0.493 e. The van der Waals surface area contributed by atoms with Crippen molar-refractivity contribution in [3.63, 3.8) is 0 Å². The molecule has 118 valence electrons. The Morgan fingerprint density at radius 2 is 2.10 bits per heavy atom. The van der Waals surface area contributed by atoms with E-state index < -0.39 is 0 Å². The molecule has 21 heavy (non-hydrogen) atoms. The molecule has 1 aromatic carbocycles. The number of nitrogens with one attached hydrogen (secondary N) is 2. The van der Waals surface area contributed by atoms with Gasteiger partial charge in [0.2, 0.25) is 0 Å². The number of rotatable bonds is 7. The lowest BCUT2D eigenvalue weighted by atomic mass is 9.79. The molecule has 4 heteroatoms. The van der Waals surface area contributed by atoms with E-state index in [9.17, 15) is 0 Å². The summed E-state index contributed by atoms with van der Waals surface area (Å²) in [6, 6.07) is 6.36. The summed E-state index contributed by atoms with van der Waals surface area (Å²) >= 11 is 0. The SMILES string of the molecule is CNCCC(c1ccc(OC)c(OC)c1)C1CCCNC1. The molecule has 2 unspecified atom stereocenters. The quantitative estimate of drug-likeness (QED) is 0.810. The predicted molar refractivity (Wildman–Crippen MR) is 86.4 cm³/mol. The van der Waals surface area contributed by atoms with Crippen molar-refractivity contribution in [2.75, 3.05) is 40.9 Å². The van der Waals surface area contributed by atoms with E-state index in [1.165, 1.54) is 18.4 Å². The third-order valence-corrected chi connectivity index (χ3v) is 4.45. The van der Waals surface area contributed by atoms with E-state index >= 15 is 0 Å². The molecule has 2 atom stereocenters. The molecular formula is C17H28N2O2. The summed E-state index contributed by atoms with van der Waals surface area (Å²) in [6.45, 7) is 3.30. The first-order valence-corrected chi connectivity index (χ1v) is 7.87. The average Bonchev–Trinajstić information content (AvgIpc) is 2.56. The van der Waals surface area contributed by atoms with Crippen molar-refractivity contribution in [1.29, 1.82) is 0 Å². The molecule has 1 aromatic rings. The van der Waals surface area contributed by atoms with E-state index in [1.54, 1.807) is 14.2 Å². The lowest BCUT2D eigenvalue weighted by Crippen LogP contribution is -2.34. The number of hydrogen-bond acceptors (Lipinski definition) is 4. The van der Waals surface area contributed by atoms with E-state index in [-0.39, 0.29) is 0 Å². The van der Waals surface area contributed by atoms with E-state index in [0.29, 0.717) is 11.8 Å². The average molecular weight is 292 g/mol. The highest BCUT2D eigenvalue weighted by atomic mass is 16.5. The minimum atomic E-state index is 0.560. The third-order valence-electron chi connectivity index (χ3n) is 4.45. The maximum atomic E-state index is 5.46. The molecule has 0 radical (unpaired) electrons. The van der Waals surface area contributed by atoms with Crippen molar-refractivity contribution in [2.24, 2.45) is 5.92 Å². The van der Waals surface area contributed by atoms with E-state index in [4.69, 9.17) is 9.47 Å². The molecule has 0 amide bonds. The van der Waals surface area contributed by atoms with Gasteiger partial charge in [-0.15, -0.1) is 0 Å². The van der Waals surface area contributed by atoms with Crippen molar-refractivity contribution in [2.45, 2.75) is 25.2 Å². The van der Waals surface area contributed by atoms with Gasteiger partial charge in [0.25, 0.3) is 0 Å². The standard InChI is InChI=1S/C17H28N2O2/c1-18-10-8-15(14-5-4-9-19-12-14)13-6-7-16(20-2)17(11-13)21-3/h6-7,11,14-15,18-19H,4-5,8-10,12H2,1-3H3. The fourth-order valence-electron chi connectivity index (χ4n) is 3.28. The van der Waals surface area contributed by atoms with Gasteiger partial charge in [-0.25, -0.2) is 0 Å². The summed E-state index contributed by atoms with van der Waals surface area (Å²) in [4.78, 5) is 0. The van der Waals surface area contributed by atoms with Crippen molar-refractivity contribution in [3.8, 4) is 11.5 Å². The Morgan fingerprint density at radius 1 is 1.29 bits per heavy atom. The van der Waals surface area contributed by atoms with Crippen LogP contribution in [-0.4, -0.2) is 40.9 Å². The van der Waals surface area contributed by atoms with E-state index in [1.807, 2.05) is 13.1 Å². The van der Waals surface area contributed by atoms with Gasteiger partial charge in [0.15, 0.2) is 11.5 Å². The highest BCUT2D eigenvalue weighted by Crippen LogP contribution is 2.37. The Kier molecular flexibility index (Phi) is 6.33. The van der Waals surface area contributed by atoms with Crippen molar-refractivity contribution < 1.29 is 9.47 Å². The molecule has 1 aliphatic rings. The first-order chi connectivity index (χ1) is 10.3. The lowest BCUT2D eigenvalue weighted by Gasteiger charge is -2.31. The molecule has 1 heterocycles. The summed E-state index contributed by atoms with van der Waals surface area (Å²) in [7, 11) is 5.40. The zero-order chi connectivity index (χ0) is 15.1. The van der Waals surface area contributed by atoms with Crippen LogP contribution in [0.2, 0.25) is 0 Å². The van der Waals surface area contributed by atoms with Crippen molar-refractivity contribution in [1.82, 2.24) is 10.6 Å². The molecule has 4 nitrogen and oxygen atoms in total. The maximum absolute atomic E-state index is 5.46. The van der Waals surface area contributed by atoms with Crippen LogP contribution in [0.15, 0.2) is 18.2 Å².